The summed E-state index contributed by atoms with van der Waals surface area (Å²) in [7, 11) is 0. The summed E-state index contributed by atoms with van der Waals surface area (Å²) in [6.07, 6.45) is 1.59. The molecular formula is C9H18O2. The van der Waals surface area contributed by atoms with Crippen molar-refractivity contribution in [3.8, 4) is 0 Å². The summed E-state index contributed by atoms with van der Waals surface area (Å²) in [6, 6.07) is 0. The number of carbonyl (C=O) groups excluding carboxylic acids is 2. The predicted molar refractivity (Wildman–Crippen MR) is 46.5 cm³/mol. The summed E-state index contributed by atoms with van der Waals surface area (Å²) in [6.45, 7) is 7.76. The van der Waals surface area contributed by atoms with Gasteiger partial charge in [-0.15, -0.1) is 0 Å². The molecule has 0 aliphatic rings. The Hall–Kier alpha value is -0.660. The highest BCUT2D eigenvalue weighted by molar-refractivity contribution is 5.81. The molecular weight excluding hydrogens is 140 g/mol. The Morgan fingerprint density at radius 2 is 1.82 bits per heavy atom. The molecule has 0 radical (unpaired) electrons. The van der Waals surface area contributed by atoms with E-state index in [4.69, 9.17) is 6.17 Å². The van der Waals surface area contributed by atoms with Crippen molar-refractivity contribution in [2.75, 3.05) is 0 Å². The zero-order valence-electron chi connectivity index (χ0n) is 8.64. The third-order valence-corrected chi connectivity index (χ3v) is 2.10. The quantitative estimate of drug-likeness (QED) is 0.634. The Labute approximate surface area is 70.4 Å². The van der Waals surface area contributed by atoms with Crippen LogP contribution in [-0.2, 0) is 9.59 Å². The van der Waals surface area contributed by atoms with Gasteiger partial charge in [-0.2, -0.15) is 0 Å². The molecule has 0 aromatic heterocycles. The van der Waals surface area contributed by atoms with Crippen molar-refractivity contribution in [3.05, 3.63) is 0 Å². The molecule has 0 unspecified atom stereocenters. The topological polar surface area (TPSA) is 34.1 Å². The van der Waals surface area contributed by atoms with E-state index in [1.54, 1.807) is 6.92 Å². The van der Waals surface area contributed by atoms with Gasteiger partial charge in [0.15, 0.2) is 0 Å². The Kier molecular flexibility index (Phi) is 5.71. The molecule has 0 aliphatic heterocycles. The first-order valence-electron chi connectivity index (χ1n) is 4.42. The lowest BCUT2D eigenvalue weighted by atomic mass is 9.81. The average molecular weight is 160 g/mol. The summed E-state index contributed by atoms with van der Waals surface area (Å²) >= 11 is 0. The molecule has 0 heterocycles. The molecule has 0 N–H and O–H groups in total. The van der Waals surface area contributed by atoms with Crippen LogP contribution in [0.3, 0.4) is 0 Å². The van der Waals surface area contributed by atoms with Gasteiger partial charge in [0.1, 0.15) is 12.6 Å². The second-order valence-corrected chi connectivity index (χ2v) is 2.54. The van der Waals surface area contributed by atoms with E-state index in [9.17, 15) is 4.79 Å². The Morgan fingerprint density at radius 1 is 1.45 bits per heavy atom. The largest absolute Gasteiger partial charge is 0.307 e. The molecule has 0 amide bonds. The van der Waals surface area contributed by atoms with E-state index >= 15 is 0 Å². The van der Waals surface area contributed by atoms with Crippen LogP contribution in [0.5, 0.6) is 0 Å². The highest BCUT2D eigenvalue weighted by Gasteiger charge is 2.24. The van der Waals surface area contributed by atoms with Gasteiger partial charge in [-0.25, -0.2) is 0 Å². The summed E-state index contributed by atoms with van der Waals surface area (Å²) in [5.74, 6) is 0.160. The van der Waals surface area contributed by atoms with E-state index in [0.29, 0.717) is 0 Å². The van der Waals surface area contributed by atoms with E-state index in [0.717, 1.165) is 12.8 Å². The van der Waals surface area contributed by atoms with Gasteiger partial charge in [-0.05, 0) is 19.8 Å². The van der Waals surface area contributed by atoms with Gasteiger partial charge in [-0.3, -0.25) is 4.79 Å². The van der Waals surface area contributed by atoms with Crippen LogP contribution >= 0.6 is 0 Å². The van der Waals surface area contributed by atoms with Crippen molar-refractivity contribution in [1.82, 2.24) is 0 Å². The molecule has 0 atom stereocenters. The lowest BCUT2D eigenvalue weighted by Gasteiger charge is -2.22. The second-order valence-electron chi connectivity index (χ2n) is 2.54. The number of hydrogen-bond acceptors (Lipinski definition) is 2. The second kappa shape index (κ2) is 6.08. The molecule has 0 aromatic rings. The third kappa shape index (κ3) is 3.91. The number of ketones is 1. The zero-order chi connectivity index (χ0) is 10.2. The molecule has 2 heteroatoms. The molecule has 0 bridgehead atoms. The van der Waals surface area contributed by atoms with Crippen LogP contribution in [0, 0.1) is 5.41 Å². The Balaban J connectivity index is 0. The summed E-state index contributed by atoms with van der Waals surface area (Å²) < 4.78 is 7.22. The Bertz CT molecular complexity index is 122. The first-order valence-corrected chi connectivity index (χ1v) is 3.72. The fourth-order valence-electron chi connectivity index (χ4n) is 0.748. The van der Waals surface area contributed by atoms with E-state index in [1.165, 1.54) is 0 Å². The van der Waals surface area contributed by atoms with Gasteiger partial charge >= 0.3 is 0 Å². The van der Waals surface area contributed by atoms with Gasteiger partial charge in [0.25, 0.3) is 0 Å². The van der Waals surface area contributed by atoms with Crippen LogP contribution in [0.4, 0.5) is 0 Å². The van der Waals surface area contributed by atoms with Crippen LogP contribution in [-0.4, -0.2) is 12.6 Å². The molecule has 0 fully saturated rings. The minimum Gasteiger partial charge on any atom is -0.307 e. The maximum atomic E-state index is 11.0. The third-order valence-electron chi connectivity index (χ3n) is 2.10. The molecule has 2 nitrogen and oxygen atoms in total. The van der Waals surface area contributed by atoms with Gasteiger partial charge in [0.2, 0.25) is 0 Å². The summed E-state index contributed by atoms with van der Waals surface area (Å²) in [4.78, 5) is 19.0. The monoisotopic (exact) mass is 160 g/mol. The van der Waals surface area contributed by atoms with Gasteiger partial charge in [-0.1, -0.05) is 20.7 Å². The van der Waals surface area contributed by atoms with Crippen molar-refractivity contribution in [2.24, 2.45) is 5.41 Å². The minimum absolute atomic E-state index is 0.160. The first kappa shape index (κ1) is 10.3. The van der Waals surface area contributed by atoms with Crippen molar-refractivity contribution in [1.29, 1.82) is 0 Å². The lowest BCUT2D eigenvalue weighted by Crippen LogP contribution is -2.23. The number of carbonyl (C=O) groups is 2. The highest BCUT2D eigenvalue weighted by atomic mass is 16.1. The molecule has 0 saturated carbocycles. The fraction of sp³-hybridized carbons (Fsp3) is 0.778. The normalized spacial score (nSPS) is 11.0. The molecule has 0 spiro atoms. The predicted octanol–water partition coefficient (Wildman–Crippen LogP) is 2.22. The van der Waals surface area contributed by atoms with Crippen LogP contribution in [0.2, 0.25) is 0 Å². The molecule has 11 heavy (non-hydrogen) atoms. The summed E-state index contributed by atoms with van der Waals surface area (Å²) in [5, 5.41) is 0. The lowest BCUT2D eigenvalue weighted by molar-refractivity contribution is -0.126. The average Bonchev–Trinajstić information content (AvgIpc) is 2.11. The van der Waals surface area contributed by atoms with Gasteiger partial charge in [0, 0.05) is 6.79 Å². The standard InChI is InChI=1S/C8H16O.CH2O/c1-5-8(4,6-2)7(3)9;1-2/h5-6H2,1-4H3;1H2/i4T;. The van der Waals surface area contributed by atoms with Crippen molar-refractivity contribution >= 4 is 12.6 Å². The Morgan fingerprint density at radius 3 is 1.82 bits per heavy atom. The van der Waals surface area contributed by atoms with Gasteiger partial charge in [0.05, 0.1) is 0 Å². The maximum Gasteiger partial charge on any atom is 0.135 e. The maximum absolute atomic E-state index is 11.0. The highest BCUT2D eigenvalue weighted by Crippen LogP contribution is 2.25. The smallest absolute Gasteiger partial charge is 0.135 e. The van der Waals surface area contributed by atoms with Crippen LogP contribution in [0.1, 0.15) is 41.9 Å². The molecule has 0 aliphatic carbocycles. The molecule has 66 valence electrons. The van der Waals surface area contributed by atoms with Crippen LogP contribution in [0.25, 0.3) is 0 Å². The van der Waals surface area contributed by atoms with E-state index in [1.807, 2.05) is 20.6 Å². The van der Waals surface area contributed by atoms with E-state index < -0.39 is 0 Å². The molecule has 0 aromatic carbocycles. The van der Waals surface area contributed by atoms with Crippen molar-refractivity contribution in [3.63, 3.8) is 0 Å². The number of Topliss-reactive ketones (excluding diaryl/α,β-unsaturated/α-hetero) is 1. The van der Waals surface area contributed by atoms with Gasteiger partial charge < -0.3 is 4.79 Å². The van der Waals surface area contributed by atoms with Crippen molar-refractivity contribution < 1.29 is 11.0 Å². The van der Waals surface area contributed by atoms with Crippen LogP contribution in [0.15, 0.2) is 0 Å². The fourth-order valence-corrected chi connectivity index (χ4v) is 0.748. The number of hydrogen-bond donors (Lipinski definition) is 0. The zero-order valence-corrected chi connectivity index (χ0v) is 7.64. The number of rotatable bonds is 3. The van der Waals surface area contributed by atoms with Crippen molar-refractivity contribution in [2.45, 2.75) is 40.5 Å². The minimum atomic E-state index is -0.347. The summed E-state index contributed by atoms with van der Waals surface area (Å²) in [5.41, 5.74) is -0.347. The van der Waals surface area contributed by atoms with E-state index in [2.05, 4.69) is 0 Å². The SMILES string of the molecule is C=O.[3H]CC(CC)(CC)C(C)=O. The molecule has 0 rings (SSSR count). The van der Waals surface area contributed by atoms with E-state index in [-0.39, 0.29) is 18.1 Å². The first-order chi connectivity index (χ1) is 5.63. The molecule has 0 saturated heterocycles. The van der Waals surface area contributed by atoms with Crippen LogP contribution < -0.4 is 0 Å².